The molecule has 2 aromatic heterocycles. The summed E-state index contributed by atoms with van der Waals surface area (Å²) in [6.45, 7) is 13.3. The van der Waals surface area contributed by atoms with Crippen molar-refractivity contribution in [1.29, 1.82) is 0 Å². The number of hydrogen-bond donors (Lipinski definition) is 0. The lowest BCUT2D eigenvalue weighted by molar-refractivity contribution is -0.0379. The molecule has 0 N–H and O–H groups in total. The van der Waals surface area contributed by atoms with Crippen LogP contribution in [-0.2, 0) is 24.3 Å². The third-order valence-electron chi connectivity index (χ3n) is 4.02. The van der Waals surface area contributed by atoms with Crippen LogP contribution in [0.4, 0.5) is 0 Å². The van der Waals surface area contributed by atoms with Crippen molar-refractivity contribution < 1.29 is 4.74 Å². The molecule has 0 radical (unpaired) electrons. The predicted octanol–water partition coefficient (Wildman–Crippen LogP) is 4.39. The van der Waals surface area contributed by atoms with E-state index in [1.807, 2.05) is 6.92 Å². The molecular formula is C18H24N2O2S2. The van der Waals surface area contributed by atoms with Crippen LogP contribution in [0.1, 0.15) is 44.6 Å². The fraction of sp³-hybridized carbons (Fsp3) is 0.556. The molecule has 0 atom stereocenters. The van der Waals surface area contributed by atoms with Crippen LogP contribution in [0.3, 0.4) is 0 Å². The number of allylic oxidation sites excluding steroid dienone is 1. The summed E-state index contributed by atoms with van der Waals surface area (Å²) in [6, 6.07) is 0. The highest BCUT2D eigenvalue weighted by Crippen LogP contribution is 2.37. The summed E-state index contributed by atoms with van der Waals surface area (Å²) in [7, 11) is 0. The van der Waals surface area contributed by atoms with E-state index in [-0.39, 0.29) is 11.2 Å². The molecule has 0 saturated carbocycles. The molecule has 3 heterocycles. The van der Waals surface area contributed by atoms with Crippen LogP contribution in [0.2, 0.25) is 0 Å². The van der Waals surface area contributed by atoms with E-state index in [9.17, 15) is 4.79 Å². The fourth-order valence-corrected chi connectivity index (χ4v) is 4.92. The van der Waals surface area contributed by atoms with Gasteiger partial charge in [0.05, 0.1) is 17.6 Å². The summed E-state index contributed by atoms with van der Waals surface area (Å²) < 4.78 is 7.70. The Hall–Kier alpha value is -1.11. The van der Waals surface area contributed by atoms with Gasteiger partial charge in [-0.05, 0) is 32.8 Å². The summed E-state index contributed by atoms with van der Waals surface area (Å²) in [5.41, 5.74) is 1.93. The molecule has 6 heteroatoms. The second kappa shape index (κ2) is 6.65. The van der Waals surface area contributed by atoms with Crippen LogP contribution in [0.5, 0.6) is 0 Å². The second-order valence-electron chi connectivity index (χ2n) is 7.00. The average Bonchev–Trinajstić information content (AvgIpc) is 2.84. The van der Waals surface area contributed by atoms with E-state index in [1.54, 1.807) is 27.7 Å². The third-order valence-corrected chi connectivity index (χ3v) is 6.30. The van der Waals surface area contributed by atoms with Crippen LogP contribution in [0.15, 0.2) is 22.1 Å². The van der Waals surface area contributed by atoms with E-state index in [4.69, 9.17) is 9.72 Å². The van der Waals surface area contributed by atoms with Gasteiger partial charge in [0.1, 0.15) is 4.83 Å². The highest BCUT2D eigenvalue weighted by molar-refractivity contribution is 7.99. The first kappa shape index (κ1) is 17.7. The Bertz CT molecular complexity index is 849. The Morgan fingerprint density at radius 3 is 2.92 bits per heavy atom. The van der Waals surface area contributed by atoms with Crippen molar-refractivity contribution in [3.63, 3.8) is 0 Å². The first-order valence-electron chi connectivity index (χ1n) is 8.28. The predicted molar refractivity (Wildman–Crippen MR) is 102 cm³/mol. The minimum Gasteiger partial charge on any atom is -0.370 e. The van der Waals surface area contributed by atoms with Crippen molar-refractivity contribution in [3.05, 3.63) is 32.9 Å². The largest absolute Gasteiger partial charge is 0.370 e. The van der Waals surface area contributed by atoms with Gasteiger partial charge in [0, 0.05) is 23.6 Å². The first-order chi connectivity index (χ1) is 11.3. The van der Waals surface area contributed by atoms with Crippen LogP contribution >= 0.6 is 23.1 Å². The summed E-state index contributed by atoms with van der Waals surface area (Å²) in [5, 5.41) is 1.59. The minimum absolute atomic E-state index is 0.0665. The van der Waals surface area contributed by atoms with Gasteiger partial charge >= 0.3 is 0 Å². The normalized spacial score (nSPS) is 16.3. The van der Waals surface area contributed by atoms with Crippen molar-refractivity contribution in [3.8, 4) is 0 Å². The van der Waals surface area contributed by atoms with Gasteiger partial charge in [-0.25, -0.2) is 4.98 Å². The lowest BCUT2D eigenvalue weighted by Gasteiger charge is -2.29. The van der Waals surface area contributed by atoms with Gasteiger partial charge in [-0.2, -0.15) is 0 Å². The number of nitrogens with zero attached hydrogens (tertiary/aromatic N) is 2. The topological polar surface area (TPSA) is 44.1 Å². The Kier molecular flexibility index (Phi) is 4.91. The molecule has 2 aromatic rings. The number of thioether (sulfide) groups is 1. The Balaban J connectivity index is 2.21. The highest BCUT2D eigenvalue weighted by Gasteiger charge is 2.31. The molecule has 0 unspecified atom stereocenters. The molecule has 0 spiro atoms. The monoisotopic (exact) mass is 364 g/mol. The quantitative estimate of drug-likeness (QED) is 0.448. The maximum Gasteiger partial charge on any atom is 0.263 e. The summed E-state index contributed by atoms with van der Waals surface area (Å²) in [6.07, 6.45) is 1.81. The van der Waals surface area contributed by atoms with Gasteiger partial charge < -0.3 is 4.74 Å². The van der Waals surface area contributed by atoms with Crippen LogP contribution in [-0.4, -0.2) is 20.9 Å². The molecule has 0 aromatic carbocycles. The number of rotatable bonds is 5. The van der Waals surface area contributed by atoms with Crippen molar-refractivity contribution >= 4 is 33.3 Å². The Morgan fingerprint density at radius 2 is 2.25 bits per heavy atom. The smallest absolute Gasteiger partial charge is 0.263 e. The van der Waals surface area contributed by atoms with Gasteiger partial charge in [-0.1, -0.05) is 30.8 Å². The number of thiophene rings is 1. The number of ether oxygens (including phenoxy) is 1. The standard InChI is InChI=1S/C18H24N2O2S2/c1-6-7-23-17-19-15-14(16(21)20(17)9-11(2)3)12-8-18(4,5)22-10-13(12)24-15/h2,6-10H2,1,3-5H3. The molecule has 3 rings (SSSR count). The van der Waals surface area contributed by atoms with Gasteiger partial charge in [-0.3, -0.25) is 9.36 Å². The van der Waals surface area contributed by atoms with Crippen LogP contribution < -0.4 is 5.56 Å². The van der Waals surface area contributed by atoms with E-state index in [1.165, 1.54) is 0 Å². The van der Waals surface area contributed by atoms with Gasteiger partial charge in [0.2, 0.25) is 0 Å². The SMILES string of the molecule is C=C(C)Cn1c(SCCC)nc2sc3c(c2c1=O)CC(C)(C)OC3. The maximum atomic E-state index is 13.2. The van der Waals surface area contributed by atoms with Gasteiger partial charge in [-0.15, -0.1) is 11.3 Å². The van der Waals surface area contributed by atoms with Gasteiger partial charge in [0.25, 0.3) is 5.56 Å². The molecular weight excluding hydrogens is 340 g/mol. The highest BCUT2D eigenvalue weighted by atomic mass is 32.2. The van der Waals surface area contributed by atoms with E-state index < -0.39 is 0 Å². The zero-order valence-electron chi connectivity index (χ0n) is 14.8. The second-order valence-corrected chi connectivity index (χ2v) is 9.15. The fourth-order valence-electron chi connectivity index (χ4n) is 2.92. The van der Waals surface area contributed by atoms with E-state index in [0.717, 1.165) is 50.0 Å². The Morgan fingerprint density at radius 1 is 1.50 bits per heavy atom. The zero-order valence-corrected chi connectivity index (χ0v) is 16.4. The van der Waals surface area contributed by atoms with Crippen molar-refractivity contribution in [2.24, 2.45) is 0 Å². The lowest BCUT2D eigenvalue weighted by Crippen LogP contribution is -2.32. The molecule has 0 aliphatic carbocycles. The molecule has 0 bridgehead atoms. The number of hydrogen-bond acceptors (Lipinski definition) is 5. The van der Waals surface area contributed by atoms with E-state index in [2.05, 4.69) is 27.4 Å². The number of fused-ring (bicyclic) bond motifs is 3. The summed E-state index contributed by atoms with van der Waals surface area (Å²) in [5.74, 6) is 0.954. The molecule has 0 saturated heterocycles. The van der Waals surface area contributed by atoms with Gasteiger partial charge in [0.15, 0.2) is 5.16 Å². The summed E-state index contributed by atoms with van der Waals surface area (Å²) in [4.78, 5) is 20.1. The third kappa shape index (κ3) is 3.32. The molecule has 1 aliphatic heterocycles. The van der Waals surface area contributed by atoms with Crippen molar-refractivity contribution in [2.75, 3.05) is 5.75 Å². The molecule has 0 amide bonds. The molecule has 4 nitrogen and oxygen atoms in total. The average molecular weight is 365 g/mol. The first-order valence-corrected chi connectivity index (χ1v) is 10.1. The van der Waals surface area contributed by atoms with Crippen molar-refractivity contribution in [1.82, 2.24) is 9.55 Å². The van der Waals surface area contributed by atoms with E-state index in [0.29, 0.717) is 13.2 Å². The lowest BCUT2D eigenvalue weighted by atomic mass is 9.94. The minimum atomic E-state index is -0.234. The molecule has 130 valence electrons. The van der Waals surface area contributed by atoms with Crippen LogP contribution in [0.25, 0.3) is 10.2 Å². The molecule has 24 heavy (non-hydrogen) atoms. The maximum absolute atomic E-state index is 13.2. The number of aromatic nitrogens is 2. The Labute approximate surface area is 150 Å². The molecule has 1 aliphatic rings. The van der Waals surface area contributed by atoms with E-state index >= 15 is 0 Å². The van der Waals surface area contributed by atoms with Crippen LogP contribution in [0, 0.1) is 0 Å². The molecule has 0 fully saturated rings. The zero-order chi connectivity index (χ0) is 17.5. The summed E-state index contributed by atoms with van der Waals surface area (Å²) >= 11 is 3.25. The van der Waals surface area contributed by atoms with Crippen molar-refractivity contribution in [2.45, 2.75) is 64.4 Å².